The maximum absolute atomic E-state index is 13.3. The minimum Gasteiger partial charge on any atom is -0.497 e. The Morgan fingerprint density at radius 1 is 1.09 bits per heavy atom. The van der Waals surface area contributed by atoms with Crippen LogP contribution in [0.3, 0.4) is 0 Å². The standard InChI is InChI=1S/C24H24FN3O5/c1-14(23(29)26-19-13-17(31-2)11-12-21(19)32-3)33-24(30)22-18-5-4-6-20(18)28(27-22)16-9-7-15(25)8-10-16/h7-14H,4-6H2,1-3H3,(H,26,29)/t14-/m0/s1. The third-order valence-corrected chi connectivity index (χ3v) is 5.51. The second-order valence-electron chi connectivity index (χ2n) is 7.62. The van der Waals surface area contributed by atoms with Gasteiger partial charge >= 0.3 is 5.97 Å². The Balaban J connectivity index is 1.51. The maximum atomic E-state index is 13.3. The number of halogens is 1. The first-order valence-corrected chi connectivity index (χ1v) is 10.5. The molecule has 0 spiro atoms. The van der Waals surface area contributed by atoms with Crippen LogP contribution in [0.25, 0.3) is 5.69 Å². The van der Waals surface area contributed by atoms with Gasteiger partial charge in [0.05, 0.1) is 25.6 Å². The Hall–Kier alpha value is -3.88. The molecule has 172 valence electrons. The van der Waals surface area contributed by atoms with Crippen LogP contribution >= 0.6 is 0 Å². The van der Waals surface area contributed by atoms with Gasteiger partial charge in [0.1, 0.15) is 17.3 Å². The van der Waals surface area contributed by atoms with Crippen LogP contribution in [0.1, 0.15) is 35.1 Å². The molecule has 2 aromatic carbocycles. The summed E-state index contributed by atoms with van der Waals surface area (Å²) in [6.45, 7) is 1.48. The molecule has 1 N–H and O–H groups in total. The molecule has 1 aliphatic rings. The van der Waals surface area contributed by atoms with Crippen LogP contribution in [-0.2, 0) is 22.4 Å². The zero-order valence-electron chi connectivity index (χ0n) is 18.6. The Morgan fingerprint density at radius 3 is 2.55 bits per heavy atom. The average Bonchev–Trinajstić information content (AvgIpc) is 3.42. The molecule has 8 nitrogen and oxygen atoms in total. The van der Waals surface area contributed by atoms with E-state index in [-0.39, 0.29) is 11.5 Å². The molecule has 9 heteroatoms. The molecule has 0 bridgehead atoms. The number of carbonyl (C=O) groups excluding carboxylic acids is 2. The minimum absolute atomic E-state index is 0.172. The number of hydrogen-bond donors (Lipinski definition) is 1. The molecule has 0 unspecified atom stereocenters. The molecule has 0 saturated heterocycles. The van der Waals surface area contributed by atoms with Gasteiger partial charge in [-0.2, -0.15) is 5.10 Å². The highest BCUT2D eigenvalue weighted by molar-refractivity contribution is 5.98. The van der Waals surface area contributed by atoms with Crippen molar-refractivity contribution in [2.45, 2.75) is 32.3 Å². The molecule has 0 aliphatic heterocycles. The van der Waals surface area contributed by atoms with E-state index in [1.54, 1.807) is 35.0 Å². The molecule has 1 heterocycles. The van der Waals surface area contributed by atoms with Crippen molar-refractivity contribution in [3.05, 3.63) is 65.2 Å². The molecule has 1 atom stereocenters. The van der Waals surface area contributed by atoms with Gasteiger partial charge in [-0.05, 0) is 62.6 Å². The van der Waals surface area contributed by atoms with Gasteiger partial charge in [-0.25, -0.2) is 13.9 Å². The van der Waals surface area contributed by atoms with Crippen LogP contribution in [0, 0.1) is 5.82 Å². The van der Waals surface area contributed by atoms with E-state index in [0.29, 0.717) is 29.3 Å². The van der Waals surface area contributed by atoms with Gasteiger partial charge in [0.2, 0.25) is 0 Å². The number of nitrogens with zero attached hydrogens (tertiary/aromatic N) is 2. The van der Waals surface area contributed by atoms with Gasteiger partial charge in [0, 0.05) is 17.3 Å². The fraction of sp³-hybridized carbons (Fsp3) is 0.292. The molecule has 1 aromatic heterocycles. The normalized spacial score (nSPS) is 13.2. The van der Waals surface area contributed by atoms with E-state index in [1.807, 2.05) is 0 Å². The molecule has 0 fully saturated rings. The predicted molar refractivity (Wildman–Crippen MR) is 119 cm³/mol. The van der Waals surface area contributed by atoms with E-state index in [9.17, 15) is 14.0 Å². The van der Waals surface area contributed by atoms with Crippen molar-refractivity contribution in [3.63, 3.8) is 0 Å². The first kappa shape index (κ1) is 22.3. The lowest BCUT2D eigenvalue weighted by molar-refractivity contribution is -0.123. The van der Waals surface area contributed by atoms with Crippen molar-refractivity contribution in [2.24, 2.45) is 0 Å². The quantitative estimate of drug-likeness (QED) is 0.549. The van der Waals surface area contributed by atoms with Crippen molar-refractivity contribution in [2.75, 3.05) is 19.5 Å². The summed E-state index contributed by atoms with van der Waals surface area (Å²) in [6.07, 6.45) is 1.23. The van der Waals surface area contributed by atoms with Crippen LogP contribution in [0.15, 0.2) is 42.5 Å². The summed E-state index contributed by atoms with van der Waals surface area (Å²) in [7, 11) is 3.00. The zero-order chi connectivity index (χ0) is 23.5. The summed E-state index contributed by atoms with van der Waals surface area (Å²) in [5.41, 5.74) is 2.92. The molecule has 33 heavy (non-hydrogen) atoms. The van der Waals surface area contributed by atoms with E-state index in [0.717, 1.165) is 24.1 Å². The van der Waals surface area contributed by atoms with Gasteiger partial charge in [-0.1, -0.05) is 0 Å². The number of methoxy groups -OCH3 is 2. The molecule has 1 aliphatic carbocycles. The first-order chi connectivity index (χ1) is 15.9. The van der Waals surface area contributed by atoms with Crippen LogP contribution in [-0.4, -0.2) is 42.0 Å². The van der Waals surface area contributed by atoms with E-state index < -0.39 is 18.0 Å². The van der Waals surface area contributed by atoms with Crippen molar-refractivity contribution in [3.8, 4) is 17.2 Å². The monoisotopic (exact) mass is 453 g/mol. The minimum atomic E-state index is -1.08. The highest BCUT2D eigenvalue weighted by Crippen LogP contribution is 2.30. The van der Waals surface area contributed by atoms with Crippen LogP contribution in [0.5, 0.6) is 11.5 Å². The second-order valence-corrected chi connectivity index (χ2v) is 7.62. The summed E-state index contributed by atoms with van der Waals surface area (Å²) in [5, 5.41) is 7.13. The Bertz CT molecular complexity index is 1190. The van der Waals surface area contributed by atoms with E-state index in [1.165, 1.54) is 33.3 Å². The van der Waals surface area contributed by atoms with Gasteiger partial charge in [-0.15, -0.1) is 0 Å². The topological polar surface area (TPSA) is 91.7 Å². The highest BCUT2D eigenvalue weighted by atomic mass is 19.1. The lowest BCUT2D eigenvalue weighted by atomic mass is 10.2. The van der Waals surface area contributed by atoms with E-state index >= 15 is 0 Å². The van der Waals surface area contributed by atoms with Gasteiger partial charge in [-0.3, -0.25) is 4.79 Å². The van der Waals surface area contributed by atoms with Crippen LogP contribution in [0.2, 0.25) is 0 Å². The average molecular weight is 453 g/mol. The molecular weight excluding hydrogens is 429 g/mol. The van der Waals surface area contributed by atoms with Crippen molar-refractivity contribution < 1.29 is 28.2 Å². The number of esters is 1. The lowest BCUT2D eigenvalue weighted by Crippen LogP contribution is -2.30. The number of hydrogen-bond acceptors (Lipinski definition) is 6. The number of fused-ring (bicyclic) bond motifs is 1. The van der Waals surface area contributed by atoms with Crippen LogP contribution in [0.4, 0.5) is 10.1 Å². The van der Waals surface area contributed by atoms with Gasteiger partial charge in [0.25, 0.3) is 5.91 Å². The Morgan fingerprint density at radius 2 is 1.85 bits per heavy atom. The molecular formula is C24H24FN3O5. The molecule has 0 radical (unpaired) electrons. The largest absolute Gasteiger partial charge is 0.497 e. The fourth-order valence-corrected chi connectivity index (χ4v) is 3.81. The van der Waals surface area contributed by atoms with Gasteiger partial charge < -0.3 is 19.5 Å². The third-order valence-electron chi connectivity index (χ3n) is 5.51. The second kappa shape index (κ2) is 9.32. The Labute approximate surface area is 190 Å². The lowest BCUT2D eigenvalue weighted by Gasteiger charge is -2.15. The number of ether oxygens (including phenoxy) is 3. The maximum Gasteiger partial charge on any atom is 0.359 e. The summed E-state index contributed by atoms with van der Waals surface area (Å²) in [6, 6.07) is 10.9. The van der Waals surface area contributed by atoms with Crippen molar-refractivity contribution in [1.82, 2.24) is 9.78 Å². The van der Waals surface area contributed by atoms with Crippen molar-refractivity contribution in [1.29, 1.82) is 0 Å². The number of amides is 1. The molecule has 4 rings (SSSR count). The summed E-state index contributed by atoms with van der Waals surface area (Å²) in [4.78, 5) is 25.6. The third kappa shape index (κ3) is 4.52. The number of aromatic nitrogens is 2. The molecule has 0 saturated carbocycles. The van der Waals surface area contributed by atoms with E-state index in [2.05, 4.69) is 10.4 Å². The highest BCUT2D eigenvalue weighted by Gasteiger charge is 2.30. The Kier molecular flexibility index (Phi) is 6.30. The number of benzene rings is 2. The van der Waals surface area contributed by atoms with Gasteiger partial charge in [0.15, 0.2) is 11.8 Å². The summed E-state index contributed by atoms with van der Waals surface area (Å²) < 4.78 is 30.8. The number of carbonyl (C=O) groups is 2. The molecule has 1 amide bonds. The summed E-state index contributed by atoms with van der Waals surface area (Å²) in [5.74, 6) is -0.579. The number of nitrogens with one attached hydrogen (secondary N) is 1. The first-order valence-electron chi connectivity index (χ1n) is 10.5. The van der Waals surface area contributed by atoms with E-state index in [4.69, 9.17) is 14.2 Å². The number of rotatable bonds is 7. The SMILES string of the molecule is COc1ccc(OC)c(NC(=O)[C@H](C)OC(=O)c2nn(-c3ccc(F)cc3)c3c2CCC3)c1. The zero-order valence-corrected chi connectivity index (χ0v) is 18.6. The van der Waals surface area contributed by atoms with Crippen molar-refractivity contribution >= 4 is 17.6 Å². The smallest absolute Gasteiger partial charge is 0.359 e. The number of anilines is 1. The summed E-state index contributed by atoms with van der Waals surface area (Å²) >= 11 is 0. The van der Waals surface area contributed by atoms with Crippen LogP contribution < -0.4 is 14.8 Å². The predicted octanol–water partition coefficient (Wildman–Crippen LogP) is 3.70. The molecule has 3 aromatic rings. The fourth-order valence-electron chi connectivity index (χ4n) is 3.81.